The third-order valence-corrected chi connectivity index (χ3v) is 5.55. The minimum atomic E-state index is -4.29. The highest BCUT2D eigenvalue weighted by Crippen LogP contribution is 2.39. The largest absolute Gasteiger partial charge is 0.416 e. The molecular formula is C22H22F3N. The lowest BCUT2D eigenvalue weighted by molar-refractivity contribution is -0.137. The van der Waals surface area contributed by atoms with Gasteiger partial charge in [0.2, 0.25) is 0 Å². The van der Waals surface area contributed by atoms with Gasteiger partial charge < -0.3 is 0 Å². The van der Waals surface area contributed by atoms with Crippen LogP contribution in [-0.4, -0.2) is 17.0 Å². The van der Waals surface area contributed by atoms with E-state index in [9.17, 15) is 13.2 Å². The summed E-state index contributed by atoms with van der Waals surface area (Å²) in [6.07, 6.45) is 2.11. The number of alkyl halides is 3. The average Bonchev–Trinajstić information content (AvgIpc) is 2.62. The van der Waals surface area contributed by atoms with Crippen LogP contribution in [0.4, 0.5) is 13.2 Å². The third kappa shape index (κ3) is 3.56. The number of rotatable bonds is 3. The molecule has 2 atom stereocenters. The first-order valence-electron chi connectivity index (χ1n) is 9.19. The van der Waals surface area contributed by atoms with E-state index in [1.807, 2.05) is 12.1 Å². The first kappa shape index (κ1) is 17.3. The van der Waals surface area contributed by atoms with Crippen LogP contribution in [0.15, 0.2) is 60.7 Å². The molecule has 2 aliphatic rings. The molecular weight excluding hydrogens is 335 g/mol. The van der Waals surface area contributed by atoms with Crippen LogP contribution in [-0.2, 0) is 12.7 Å². The van der Waals surface area contributed by atoms with E-state index >= 15 is 0 Å². The van der Waals surface area contributed by atoms with Crippen LogP contribution in [0.1, 0.15) is 42.4 Å². The summed E-state index contributed by atoms with van der Waals surface area (Å²) in [6, 6.07) is 16.9. The minimum Gasteiger partial charge on any atom is -0.289 e. The second kappa shape index (κ2) is 6.92. The third-order valence-electron chi connectivity index (χ3n) is 5.55. The standard InChI is InChI=1S/C22H22F3N/c23-22(24,25)19-9-4-8-17(12-19)18-13-20-10-5-11-21(14-18)26(20)15-16-6-2-1-3-7-16/h1-4,6-9,12-13,20-21H,5,10-11,14-15H2. The molecule has 2 aromatic carbocycles. The highest BCUT2D eigenvalue weighted by molar-refractivity contribution is 5.68. The predicted octanol–water partition coefficient (Wildman–Crippen LogP) is 5.92. The fourth-order valence-corrected chi connectivity index (χ4v) is 4.27. The molecule has 136 valence electrons. The van der Waals surface area contributed by atoms with E-state index in [2.05, 4.69) is 35.2 Å². The van der Waals surface area contributed by atoms with E-state index in [4.69, 9.17) is 0 Å². The molecule has 2 heterocycles. The zero-order valence-electron chi connectivity index (χ0n) is 14.5. The summed E-state index contributed by atoms with van der Waals surface area (Å²) in [5.41, 5.74) is 2.51. The van der Waals surface area contributed by atoms with Crippen molar-refractivity contribution in [2.24, 2.45) is 0 Å². The monoisotopic (exact) mass is 357 g/mol. The number of halogens is 3. The topological polar surface area (TPSA) is 3.24 Å². The first-order chi connectivity index (χ1) is 12.5. The van der Waals surface area contributed by atoms with Gasteiger partial charge in [0.15, 0.2) is 0 Å². The molecule has 2 bridgehead atoms. The summed E-state index contributed by atoms with van der Waals surface area (Å²) in [7, 11) is 0. The molecule has 1 fully saturated rings. The predicted molar refractivity (Wildman–Crippen MR) is 97.5 cm³/mol. The van der Waals surface area contributed by atoms with Crippen LogP contribution >= 0.6 is 0 Å². The van der Waals surface area contributed by atoms with E-state index in [0.717, 1.165) is 43.0 Å². The highest BCUT2D eigenvalue weighted by atomic mass is 19.4. The van der Waals surface area contributed by atoms with Gasteiger partial charge in [-0.1, -0.05) is 55.0 Å². The van der Waals surface area contributed by atoms with Crippen LogP contribution < -0.4 is 0 Å². The molecule has 2 aromatic rings. The van der Waals surface area contributed by atoms with Gasteiger partial charge in [0.05, 0.1) is 5.56 Å². The Kier molecular flexibility index (Phi) is 4.62. The molecule has 1 nitrogen and oxygen atoms in total. The molecule has 26 heavy (non-hydrogen) atoms. The Bertz CT molecular complexity index is 795. The van der Waals surface area contributed by atoms with Crippen molar-refractivity contribution in [3.63, 3.8) is 0 Å². The molecule has 0 aliphatic carbocycles. The number of hydrogen-bond donors (Lipinski definition) is 0. The van der Waals surface area contributed by atoms with Crippen LogP contribution in [0.3, 0.4) is 0 Å². The van der Waals surface area contributed by atoms with Crippen molar-refractivity contribution in [3.8, 4) is 0 Å². The summed E-state index contributed by atoms with van der Waals surface area (Å²) in [6.45, 7) is 0.905. The maximum Gasteiger partial charge on any atom is 0.416 e. The summed E-state index contributed by atoms with van der Waals surface area (Å²) >= 11 is 0. The van der Waals surface area contributed by atoms with Crippen molar-refractivity contribution in [2.45, 2.75) is 50.5 Å². The Labute approximate surface area is 152 Å². The van der Waals surface area contributed by atoms with Crippen molar-refractivity contribution in [2.75, 3.05) is 0 Å². The summed E-state index contributed by atoms with van der Waals surface area (Å²) < 4.78 is 39.1. The molecule has 0 amide bonds. The summed E-state index contributed by atoms with van der Waals surface area (Å²) in [5.74, 6) is 0. The number of benzene rings is 2. The molecule has 2 unspecified atom stereocenters. The lowest BCUT2D eigenvalue weighted by Crippen LogP contribution is -2.47. The van der Waals surface area contributed by atoms with Gasteiger partial charge in [0, 0.05) is 18.6 Å². The minimum absolute atomic E-state index is 0.312. The lowest BCUT2D eigenvalue weighted by Gasteiger charge is -2.45. The Balaban J connectivity index is 1.61. The molecule has 1 saturated heterocycles. The van der Waals surface area contributed by atoms with Crippen LogP contribution in [0.5, 0.6) is 0 Å². The van der Waals surface area contributed by atoms with E-state index in [1.165, 1.54) is 24.1 Å². The molecule has 0 spiro atoms. The lowest BCUT2D eigenvalue weighted by atomic mass is 9.82. The molecule has 0 radical (unpaired) electrons. The van der Waals surface area contributed by atoms with E-state index in [0.29, 0.717) is 12.1 Å². The molecule has 4 heteroatoms. The molecule has 4 rings (SSSR count). The van der Waals surface area contributed by atoms with Crippen LogP contribution in [0, 0.1) is 0 Å². The van der Waals surface area contributed by atoms with Crippen molar-refractivity contribution in [3.05, 3.63) is 77.4 Å². The normalized spacial score (nSPS) is 23.6. The molecule has 0 N–H and O–H groups in total. The van der Waals surface area contributed by atoms with Crippen molar-refractivity contribution in [1.29, 1.82) is 0 Å². The second-order valence-corrected chi connectivity index (χ2v) is 7.28. The Morgan fingerprint density at radius 2 is 1.77 bits per heavy atom. The van der Waals surface area contributed by atoms with Gasteiger partial charge in [0.25, 0.3) is 0 Å². The fourth-order valence-electron chi connectivity index (χ4n) is 4.27. The van der Waals surface area contributed by atoms with E-state index in [-0.39, 0.29) is 0 Å². The number of hydrogen-bond acceptors (Lipinski definition) is 1. The second-order valence-electron chi connectivity index (χ2n) is 7.28. The van der Waals surface area contributed by atoms with Gasteiger partial charge in [-0.05, 0) is 48.1 Å². The van der Waals surface area contributed by atoms with Gasteiger partial charge in [-0.25, -0.2) is 0 Å². The number of fused-ring (bicyclic) bond motifs is 2. The quantitative estimate of drug-likeness (QED) is 0.659. The van der Waals surface area contributed by atoms with Crippen molar-refractivity contribution >= 4 is 5.57 Å². The number of piperidine rings is 1. The summed E-state index contributed by atoms with van der Waals surface area (Å²) in [5, 5.41) is 0. The fraction of sp³-hybridized carbons (Fsp3) is 0.364. The van der Waals surface area contributed by atoms with Crippen molar-refractivity contribution < 1.29 is 13.2 Å². The van der Waals surface area contributed by atoms with E-state index < -0.39 is 11.7 Å². The van der Waals surface area contributed by atoms with Crippen molar-refractivity contribution in [1.82, 2.24) is 4.90 Å². The van der Waals surface area contributed by atoms with Gasteiger partial charge in [-0.15, -0.1) is 0 Å². The zero-order chi connectivity index (χ0) is 18.1. The Morgan fingerprint density at radius 1 is 0.962 bits per heavy atom. The zero-order valence-corrected chi connectivity index (χ0v) is 14.5. The summed E-state index contributed by atoms with van der Waals surface area (Å²) in [4.78, 5) is 2.52. The molecule has 0 aromatic heterocycles. The van der Waals surface area contributed by atoms with Crippen LogP contribution in [0.25, 0.3) is 5.57 Å². The SMILES string of the molecule is FC(F)(F)c1cccc(C2=CC3CCCC(C2)N3Cc2ccccc2)c1. The number of nitrogens with zero attached hydrogens (tertiary/aromatic N) is 1. The maximum atomic E-state index is 13.0. The van der Waals surface area contributed by atoms with Gasteiger partial charge in [-0.3, -0.25) is 4.90 Å². The molecule has 0 saturated carbocycles. The van der Waals surface area contributed by atoms with Gasteiger partial charge in [-0.2, -0.15) is 13.2 Å². The Hall–Kier alpha value is -2.07. The average molecular weight is 357 g/mol. The van der Waals surface area contributed by atoms with Gasteiger partial charge >= 0.3 is 6.18 Å². The highest BCUT2D eigenvalue weighted by Gasteiger charge is 2.35. The Morgan fingerprint density at radius 3 is 2.50 bits per heavy atom. The maximum absolute atomic E-state index is 13.0. The smallest absolute Gasteiger partial charge is 0.289 e. The van der Waals surface area contributed by atoms with E-state index in [1.54, 1.807) is 0 Å². The van der Waals surface area contributed by atoms with Crippen LogP contribution in [0.2, 0.25) is 0 Å². The first-order valence-corrected chi connectivity index (χ1v) is 9.19. The van der Waals surface area contributed by atoms with Gasteiger partial charge in [0.1, 0.15) is 0 Å². The molecule has 2 aliphatic heterocycles.